The number of fused-ring (bicyclic) bond motifs is 1. The highest BCUT2D eigenvalue weighted by atomic mass is 35.5. The van der Waals surface area contributed by atoms with E-state index in [0.29, 0.717) is 11.0 Å². The van der Waals surface area contributed by atoms with E-state index < -0.39 is 21.7 Å². The van der Waals surface area contributed by atoms with Gasteiger partial charge in [-0.2, -0.15) is 8.78 Å². The van der Waals surface area contributed by atoms with E-state index in [4.69, 9.17) is 16.0 Å². The molecule has 0 unspecified atom stereocenters. The SMILES string of the molecule is CC(F)(F)c1ccc(-c2nc3cc(S(=O)(=O)Nc4ccccc4Cl)ccc3[nH]2)o1. The number of H-pyrrole nitrogens is 1. The van der Waals surface area contributed by atoms with Gasteiger partial charge in [0.25, 0.3) is 10.0 Å². The second-order valence-corrected chi connectivity index (χ2v) is 8.49. The summed E-state index contributed by atoms with van der Waals surface area (Å²) in [6, 6.07) is 13.3. The van der Waals surface area contributed by atoms with Gasteiger partial charge in [0, 0.05) is 6.92 Å². The summed E-state index contributed by atoms with van der Waals surface area (Å²) in [6.45, 7) is 0.734. The number of hydrogen-bond donors (Lipinski definition) is 2. The Labute approximate surface area is 169 Å². The van der Waals surface area contributed by atoms with Crippen molar-refractivity contribution in [3.63, 3.8) is 0 Å². The third kappa shape index (κ3) is 3.83. The zero-order chi connectivity index (χ0) is 20.8. The quantitative estimate of drug-likeness (QED) is 0.438. The van der Waals surface area contributed by atoms with Crippen molar-refractivity contribution in [2.75, 3.05) is 4.72 Å². The number of nitrogens with zero attached hydrogens (tertiary/aromatic N) is 1. The molecule has 0 bridgehead atoms. The maximum Gasteiger partial charge on any atom is 0.301 e. The number of alkyl halides is 2. The molecule has 0 spiro atoms. The Kier molecular flexibility index (Phi) is 4.59. The molecular formula is C19H14ClF2N3O3S. The number of sulfonamides is 1. The van der Waals surface area contributed by atoms with Gasteiger partial charge in [-0.05, 0) is 42.5 Å². The van der Waals surface area contributed by atoms with Crippen LogP contribution in [0.3, 0.4) is 0 Å². The number of para-hydroxylation sites is 1. The van der Waals surface area contributed by atoms with Gasteiger partial charge in [0.2, 0.25) is 0 Å². The van der Waals surface area contributed by atoms with Crippen molar-refractivity contribution in [2.45, 2.75) is 17.7 Å². The molecule has 0 saturated heterocycles. The fourth-order valence-corrected chi connectivity index (χ4v) is 4.06. The second-order valence-electron chi connectivity index (χ2n) is 6.40. The van der Waals surface area contributed by atoms with E-state index in [2.05, 4.69) is 14.7 Å². The fraction of sp³-hybridized carbons (Fsp3) is 0.105. The van der Waals surface area contributed by atoms with Crippen LogP contribution in [0.1, 0.15) is 12.7 Å². The van der Waals surface area contributed by atoms with E-state index in [9.17, 15) is 17.2 Å². The Morgan fingerprint density at radius 1 is 1.14 bits per heavy atom. The van der Waals surface area contributed by atoms with Crippen LogP contribution in [0.15, 0.2) is 63.9 Å². The number of imidazole rings is 1. The van der Waals surface area contributed by atoms with Crippen molar-refractivity contribution in [1.29, 1.82) is 0 Å². The molecule has 2 heterocycles. The lowest BCUT2D eigenvalue weighted by atomic mass is 10.3. The molecule has 29 heavy (non-hydrogen) atoms. The number of benzene rings is 2. The molecule has 2 aromatic heterocycles. The molecule has 0 amide bonds. The molecule has 150 valence electrons. The zero-order valence-electron chi connectivity index (χ0n) is 14.9. The van der Waals surface area contributed by atoms with Crippen LogP contribution in [0.25, 0.3) is 22.6 Å². The maximum atomic E-state index is 13.4. The lowest BCUT2D eigenvalue weighted by molar-refractivity contribution is -0.00473. The number of halogens is 3. The van der Waals surface area contributed by atoms with Gasteiger partial charge in [0.1, 0.15) is 0 Å². The first-order chi connectivity index (χ1) is 13.6. The Morgan fingerprint density at radius 3 is 2.59 bits per heavy atom. The summed E-state index contributed by atoms with van der Waals surface area (Å²) in [5.74, 6) is -3.27. The molecule has 0 atom stereocenters. The van der Waals surface area contributed by atoms with Gasteiger partial charge in [0.05, 0.1) is 26.6 Å². The van der Waals surface area contributed by atoms with Gasteiger partial charge in [-0.1, -0.05) is 23.7 Å². The zero-order valence-corrected chi connectivity index (χ0v) is 16.5. The monoisotopic (exact) mass is 437 g/mol. The van der Waals surface area contributed by atoms with E-state index in [1.54, 1.807) is 24.3 Å². The van der Waals surface area contributed by atoms with Crippen molar-refractivity contribution >= 4 is 38.3 Å². The number of hydrogen-bond acceptors (Lipinski definition) is 4. The molecular weight excluding hydrogens is 424 g/mol. The van der Waals surface area contributed by atoms with E-state index in [1.165, 1.54) is 30.3 Å². The molecule has 2 N–H and O–H groups in total. The van der Waals surface area contributed by atoms with Gasteiger partial charge in [-0.15, -0.1) is 0 Å². The van der Waals surface area contributed by atoms with Gasteiger partial charge in [-0.3, -0.25) is 4.72 Å². The van der Waals surface area contributed by atoms with E-state index >= 15 is 0 Å². The van der Waals surface area contributed by atoms with Gasteiger partial charge >= 0.3 is 5.92 Å². The molecule has 0 aliphatic rings. The smallest absolute Gasteiger partial charge is 0.301 e. The van der Waals surface area contributed by atoms with Crippen molar-refractivity contribution in [3.8, 4) is 11.6 Å². The first-order valence-corrected chi connectivity index (χ1v) is 10.3. The topological polar surface area (TPSA) is 88.0 Å². The Balaban J connectivity index is 1.68. The Hall–Kier alpha value is -2.91. The molecule has 0 saturated carbocycles. The van der Waals surface area contributed by atoms with E-state index in [0.717, 1.165) is 6.92 Å². The summed E-state index contributed by atoms with van der Waals surface area (Å²) < 4.78 is 59.7. The largest absolute Gasteiger partial charge is 0.451 e. The molecule has 4 aromatic rings. The number of aromatic nitrogens is 2. The molecule has 2 aromatic carbocycles. The van der Waals surface area contributed by atoms with Crippen LogP contribution in [0.4, 0.5) is 14.5 Å². The molecule has 10 heteroatoms. The first kappa shape index (κ1) is 19.4. The second kappa shape index (κ2) is 6.85. The lowest BCUT2D eigenvalue weighted by Crippen LogP contribution is -2.13. The van der Waals surface area contributed by atoms with Crippen LogP contribution < -0.4 is 4.72 Å². The molecule has 4 rings (SSSR count). The van der Waals surface area contributed by atoms with E-state index in [1.807, 2.05) is 0 Å². The van der Waals surface area contributed by atoms with Crippen molar-refractivity contribution in [2.24, 2.45) is 0 Å². The van der Waals surface area contributed by atoms with Crippen LogP contribution in [-0.2, 0) is 15.9 Å². The third-order valence-corrected chi connectivity index (χ3v) is 5.85. The minimum atomic E-state index is -3.91. The number of nitrogens with one attached hydrogen (secondary N) is 2. The summed E-state index contributed by atoms with van der Waals surface area (Å²) in [7, 11) is -3.91. The highest BCUT2D eigenvalue weighted by Gasteiger charge is 2.29. The molecule has 0 radical (unpaired) electrons. The maximum absolute atomic E-state index is 13.4. The van der Waals surface area contributed by atoms with Crippen LogP contribution in [0.2, 0.25) is 5.02 Å². The number of rotatable bonds is 5. The molecule has 0 aliphatic heterocycles. The van der Waals surface area contributed by atoms with E-state index in [-0.39, 0.29) is 27.2 Å². The lowest BCUT2D eigenvalue weighted by Gasteiger charge is -2.09. The van der Waals surface area contributed by atoms with Crippen LogP contribution >= 0.6 is 11.6 Å². The van der Waals surface area contributed by atoms with Crippen molar-refractivity contribution < 1.29 is 21.6 Å². The summed E-state index contributed by atoms with van der Waals surface area (Å²) in [4.78, 5) is 7.17. The average molecular weight is 438 g/mol. The normalized spacial score (nSPS) is 12.4. The summed E-state index contributed by atoms with van der Waals surface area (Å²) in [6.07, 6.45) is 0. The number of furan rings is 1. The minimum absolute atomic E-state index is 0.0248. The highest BCUT2D eigenvalue weighted by Crippen LogP contribution is 2.32. The van der Waals surface area contributed by atoms with Gasteiger partial charge in [0.15, 0.2) is 17.3 Å². The van der Waals surface area contributed by atoms with Crippen molar-refractivity contribution in [1.82, 2.24) is 9.97 Å². The number of anilines is 1. The summed E-state index contributed by atoms with van der Waals surface area (Å²) >= 11 is 6.01. The Morgan fingerprint density at radius 2 is 1.90 bits per heavy atom. The van der Waals surface area contributed by atoms with Crippen molar-refractivity contribution in [3.05, 3.63) is 65.4 Å². The predicted molar refractivity (Wildman–Crippen MR) is 106 cm³/mol. The Bertz CT molecular complexity index is 1310. The van der Waals surface area contributed by atoms with Crippen LogP contribution in [-0.4, -0.2) is 18.4 Å². The molecule has 0 aliphatic carbocycles. The van der Waals surface area contributed by atoms with Gasteiger partial charge < -0.3 is 9.40 Å². The number of aromatic amines is 1. The van der Waals surface area contributed by atoms with Gasteiger partial charge in [-0.25, -0.2) is 13.4 Å². The average Bonchev–Trinajstić information content (AvgIpc) is 3.29. The standard InChI is InChI=1S/C19H14ClF2N3O3S/c1-19(21,22)17-9-8-16(28-17)18-23-14-7-6-11(10-15(14)24-18)29(26,27)25-13-5-3-2-4-12(13)20/h2-10,25H,1H3,(H,23,24). The van der Waals surface area contributed by atoms with Crippen LogP contribution in [0, 0.1) is 0 Å². The minimum Gasteiger partial charge on any atom is -0.451 e. The fourth-order valence-electron chi connectivity index (χ4n) is 2.72. The molecule has 6 nitrogen and oxygen atoms in total. The third-order valence-electron chi connectivity index (χ3n) is 4.16. The molecule has 0 fully saturated rings. The first-order valence-electron chi connectivity index (χ1n) is 8.39. The van der Waals surface area contributed by atoms with Crippen LogP contribution in [0.5, 0.6) is 0 Å². The summed E-state index contributed by atoms with van der Waals surface area (Å²) in [5.41, 5.74) is 1.11. The predicted octanol–water partition coefficient (Wildman–Crippen LogP) is 5.39. The summed E-state index contributed by atoms with van der Waals surface area (Å²) in [5, 5.41) is 0.264. The highest BCUT2D eigenvalue weighted by molar-refractivity contribution is 7.92.